The van der Waals surface area contributed by atoms with Crippen molar-refractivity contribution in [1.29, 1.82) is 0 Å². The van der Waals surface area contributed by atoms with Gasteiger partial charge in [-0.25, -0.2) is 0 Å². The SMILES string of the molecule is CCP12(OCCO1)OC(C)=C(C(C)=O)[C@@H]2c1ccccc1. The van der Waals surface area contributed by atoms with Crippen LogP contribution in [0.1, 0.15) is 32.0 Å². The van der Waals surface area contributed by atoms with E-state index in [0.29, 0.717) is 30.7 Å². The normalized spacial score (nSPS) is 28.1. The van der Waals surface area contributed by atoms with Crippen molar-refractivity contribution in [2.24, 2.45) is 0 Å². The Balaban J connectivity index is 2.22. The van der Waals surface area contributed by atoms with Gasteiger partial charge < -0.3 is 0 Å². The fourth-order valence-corrected chi connectivity index (χ4v) is 8.13. The van der Waals surface area contributed by atoms with Crippen molar-refractivity contribution in [2.75, 3.05) is 19.4 Å². The van der Waals surface area contributed by atoms with Crippen molar-refractivity contribution >= 4 is 13.1 Å². The van der Waals surface area contributed by atoms with Crippen LogP contribution in [0.15, 0.2) is 41.7 Å². The molecule has 0 amide bonds. The van der Waals surface area contributed by atoms with Gasteiger partial charge in [0.2, 0.25) is 0 Å². The molecule has 0 saturated carbocycles. The molecule has 2 aliphatic heterocycles. The predicted molar refractivity (Wildman–Crippen MR) is 83.0 cm³/mol. The molecule has 1 spiro atoms. The molecular weight excluding hydrogens is 287 g/mol. The van der Waals surface area contributed by atoms with Crippen molar-refractivity contribution in [3.8, 4) is 0 Å². The Morgan fingerprint density at radius 1 is 1.24 bits per heavy atom. The summed E-state index contributed by atoms with van der Waals surface area (Å²) in [6.45, 7) is 6.49. The molecule has 0 bridgehead atoms. The molecule has 0 radical (unpaired) electrons. The standard InChI is InChI=1S/C16H21O4P/c1-4-21(18-10-11-19-21)16(14-8-6-5-7-9-14)15(12(2)17)13(3)20-21/h5-9,16H,4,10-11H2,1-3H3/t16-/m0/s1. The molecule has 0 N–H and O–H groups in total. The van der Waals surface area contributed by atoms with Gasteiger partial charge in [0, 0.05) is 0 Å². The molecule has 114 valence electrons. The van der Waals surface area contributed by atoms with Crippen LogP contribution in [0.5, 0.6) is 0 Å². The molecule has 2 heterocycles. The predicted octanol–water partition coefficient (Wildman–Crippen LogP) is 3.99. The number of ketones is 1. The van der Waals surface area contributed by atoms with Crippen LogP contribution in [0, 0.1) is 0 Å². The second-order valence-corrected chi connectivity index (χ2v) is 9.59. The van der Waals surface area contributed by atoms with E-state index in [9.17, 15) is 4.79 Å². The van der Waals surface area contributed by atoms with E-state index in [1.165, 1.54) is 0 Å². The Labute approximate surface area is 125 Å². The third-order valence-corrected chi connectivity index (χ3v) is 9.15. The quantitative estimate of drug-likeness (QED) is 0.792. The van der Waals surface area contributed by atoms with Gasteiger partial charge in [-0.3, -0.25) is 0 Å². The van der Waals surface area contributed by atoms with E-state index in [1.807, 2.05) is 44.2 Å². The number of carbonyl (C=O) groups excluding carboxylic acids is 1. The zero-order valence-corrected chi connectivity index (χ0v) is 13.6. The summed E-state index contributed by atoms with van der Waals surface area (Å²) in [6.07, 6.45) is 0.638. The average Bonchev–Trinajstić information content (AvgIpc) is 3.02. The van der Waals surface area contributed by atoms with Crippen LogP contribution in [-0.4, -0.2) is 25.2 Å². The maximum atomic E-state index is 12.2. The van der Waals surface area contributed by atoms with E-state index < -0.39 is 7.28 Å². The van der Waals surface area contributed by atoms with Gasteiger partial charge in [0.05, 0.1) is 0 Å². The molecule has 5 heteroatoms. The van der Waals surface area contributed by atoms with Crippen LogP contribution in [-0.2, 0) is 18.4 Å². The first-order valence-corrected chi connectivity index (χ1v) is 9.55. The number of Topliss-reactive ketones (excluding diaryl/α,β-unsaturated/α-hetero) is 1. The molecule has 1 aromatic rings. The van der Waals surface area contributed by atoms with Crippen LogP contribution in [0.25, 0.3) is 0 Å². The van der Waals surface area contributed by atoms with Gasteiger partial charge in [0.1, 0.15) is 0 Å². The van der Waals surface area contributed by atoms with Gasteiger partial charge in [0.25, 0.3) is 0 Å². The van der Waals surface area contributed by atoms with E-state index in [-0.39, 0.29) is 11.4 Å². The van der Waals surface area contributed by atoms with Crippen LogP contribution in [0.3, 0.4) is 0 Å². The average molecular weight is 308 g/mol. The van der Waals surface area contributed by atoms with Gasteiger partial charge in [-0.05, 0) is 0 Å². The van der Waals surface area contributed by atoms with Crippen molar-refractivity contribution < 1.29 is 18.4 Å². The Morgan fingerprint density at radius 2 is 1.86 bits per heavy atom. The number of hydrogen-bond acceptors (Lipinski definition) is 4. The van der Waals surface area contributed by atoms with E-state index >= 15 is 0 Å². The van der Waals surface area contributed by atoms with Gasteiger partial charge >= 0.3 is 124 Å². The number of hydrogen-bond donors (Lipinski definition) is 0. The molecule has 1 saturated heterocycles. The van der Waals surface area contributed by atoms with Crippen LogP contribution in [0.2, 0.25) is 0 Å². The molecule has 0 aliphatic carbocycles. The molecule has 1 fully saturated rings. The van der Waals surface area contributed by atoms with Crippen molar-refractivity contribution in [3.05, 3.63) is 47.2 Å². The molecular formula is C16H21O4P. The van der Waals surface area contributed by atoms with Crippen molar-refractivity contribution in [2.45, 2.75) is 26.4 Å². The summed E-state index contributed by atoms with van der Waals surface area (Å²) < 4.78 is 18.5. The van der Waals surface area contributed by atoms with Crippen LogP contribution in [0.4, 0.5) is 0 Å². The first-order valence-electron chi connectivity index (χ1n) is 7.30. The summed E-state index contributed by atoms with van der Waals surface area (Å²) in [6, 6.07) is 9.94. The van der Waals surface area contributed by atoms with E-state index in [2.05, 4.69) is 0 Å². The first kappa shape index (κ1) is 14.7. The van der Waals surface area contributed by atoms with Crippen LogP contribution >= 0.6 is 7.28 Å². The first-order chi connectivity index (χ1) is 10.0. The van der Waals surface area contributed by atoms with Gasteiger partial charge in [0.15, 0.2) is 0 Å². The second kappa shape index (κ2) is 4.91. The summed E-state index contributed by atoms with van der Waals surface area (Å²) in [7, 11) is -3.34. The van der Waals surface area contributed by atoms with Crippen molar-refractivity contribution in [1.82, 2.24) is 0 Å². The summed E-state index contributed by atoms with van der Waals surface area (Å²) in [5, 5.41) is 0. The molecule has 0 aromatic heterocycles. The van der Waals surface area contributed by atoms with Gasteiger partial charge in [-0.2, -0.15) is 0 Å². The molecule has 0 unspecified atom stereocenters. The maximum absolute atomic E-state index is 12.2. The Bertz CT molecular complexity index is 602. The fraction of sp³-hybridized carbons (Fsp3) is 0.438. The van der Waals surface area contributed by atoms with E-state index in [4.69, 9.17) is 13.6 Å². The zero-order chi connectivity index (χ0) is 15.1. The molecule has 4 nitrogen and oxygen atoms in total. The Hall–Kier alpha value is -1.22. The molecule has 1 atom stereocenters. The van der Waals surface area contributed by atoms with Crippen LogP contribution < -0.4 is 0 Å². The van der Waals surface area contributed by atoms with Crippen molar-refractivity contribution in [3.63, 3.8) is 0 Å². The van der Waals surface area contributed by atoms with E-state index in [1.54, 1.807) is 6.92 Å². The topological polar surface area (TPSA) is 44.8 Å². The summed E-state index contributed by atoms with van der Waals surface area (Å²) in [4.78, 5) is 12.2. The Morgan fingerprint density at radius 3 is 2.38 bits per heavy atom. The van der Waals surface area contributed by atoms with Gasteiger partial charge in [-0.15, -0.1) is 0 Å². The number of benzene rings is 1. The molecule has 1 aromatic carbocycles. The second-order valence-electron chi connectivity index (χ2n) is 5.52. The minimum absolute atomic E-state index is 0.0235. The number of carbonyl (C=O) groups is 1. The number of rotatable bonds is 3. The Kier molecular flexibility index (Phi) is 3.44. The minimum atomic E-state index is -3.34. The monoisotopic (exact) mass is 308 g/mol. The van der Waals surface area contributed by atoms with Gasteiger partial charge in [-0.1, -0.05) is 0 Å². The third-order valence-electron chi connectivity index (χ3n) is 4.35. The van der Waals surface area contributed by atoms with E-state index in [0.717, 1.165) is 5.56 Å². The number of allylic oxidation sites excluding steroid dienone is 2. The molecule has 2 aliphatic rings. The summed E-state index contributed by atoms with van der Waals surface area (Å²) in [5.74, 6) is 0.674. The third kappa shape index (κ3) is 1.97. The summed E-state index contributed by atoms with van der Waals surface area (Å²) >= 11 is 0. The summed E-state index contributed by atoms with van der Waals surface area (Å²) in [5.41, 5.74) is 1.49. The fourth-order valence-electron chi connectivity index (χ4n) is 3.49. The zero-order valence-electron chi connectivity index (χ0n) is 12.7. The molecule has 21 heavy (non-hydrogen) atoms. The molecule has 3 rings (SSSR count).